The van der Waals surface area contributed by atoms with E-state index in [2.05, 4.69) is 0 Å². The van der Waals surface area contributed by atoms with Crippen LogP contribution in [0.1, 0.15) is 18.4 Å². The van der Waals surface area contributed by atoms with Crippen LogP contribution >= 0.6 is 0 Å². The van der Waals surface area contributed by atoms with Crippen LogP contribution in [0.3, 0.4) is 0 Å². The smallest absolute Gasteiger partial charge is 0.320 e. The first kappa shape index (κ1) is 15.9. The molecule has 7 heteroatoms. The van der Waals surface area contributed by atoms with Gasteiger partial charge in [-0.3, -0.25) is 9.69 Å². The van der Waals surface area contributed by atoms with E-state index in [4.69, 9.17) is 5.11 Å². The van der Waals surface area contributed by atoms with Crippen molar-refractivity contribution in [3.63, 3.8) is 0 Å². The summed E-state index contributed by atoms with van der Waals surface area (Å²) in [7, 11) is -0.437. The van der Waals surface area contributed by atoms with E-state index in [1.54, 1.807) is 24.3 Å². The summed E-state index contributed by atoms with van der Waals surface area (Å²) in [5, 5.41) is 9.15. The van der Waals surface area contributed by atoms with E-state index in [0.29, 0.717) is 13.0 Å². The lowest BCUT2D eigenvalue weighted by atomic mass is 10.2. The van der Waals surface area contributed by atoms with Crippen LogP contribution in [0, 0.1) is 0 Å². The van der Waals surface area contributed by atoms with Crippen LogP contribution < -0.4 is 0 Å². The topological polar surface area (TPSA) is 77.9 Å². The predicted molar refractivity (Wildman–Crippen MR) is 78.4 cm³/mol. The van der Waals surface area contributed by atoms with Crippen molar-refractivity contribution in [2.24, 2.45) is 0 Å². The molecule has 0 aromatic heterocycles. The quantitative estimate of drug-likeness (QED) is 0.877. The fraction of sp³-hybridized carbons (Fsp3) is 0.500. The molecule has 0 amide bonds. The Morgan fingerprint density at radius 3 is 2.48 bits per heavy atom. The number of hydrogen-bond acceptors (Lipinski definition) is 4. The number of sulfonamides is 1. The summed E-state index contributed by atoms with van der Waals surface area (Å²) in [6.45, 7) is 1.29. The summed E-state index contributed by atoms with van der Waals surface area (Å²) in [6.07, 6.45) is 1.55. The molecular weight excluding hydrogens is 292 g/mol. The van der Waals surface area contributed by atoms with Crippen LogP contribution in [-0.2, 0) is 21.4 Å². The Balaban J connectivity index is 2.12. The molecule has 6 nitrogen and oxygen atoms in total. The zero-order valence-electron chi connectivity index (χ0n) is 12.2. The summed E-state index contributed by atoms with van der Waals surface area (Å²) >= 11 is 0. The molecule has 1 unspecified atom stereocenters. The maximum absolute atomic E-state index is 12.0. The van der Waals surface area contributed by atoms with Crippen molar-refractivity contribution in [1.29, 1.82) is 0 Å². The second-order valence-corrected chi connectivity index (χ2v) is 7.55. The van der Waals surface area contributed by atoms with Gasteiger partial charge in [0.2, 0.25) is 10.0 Å². The third kappa shape index (κ3) is 3.42. The van der Waals surface area contributed by atoms with Crippen LogP contribution in [0.25, 0.3) is 0 Å². The summed E-state index contributed by atoms with van der Waals surface area (Å²) < 4.78 is 25.1. The first-order chi connectivity index (χ1) is 9.82. The molecule has 1 saturated heterocycles. The number of rotatable bonds is 5. The van der Waals surface area contributed by atoms with Gasteiger partial charge in [0.15, 0.2) is 0 Å². The van der Waals surface area contributed by atoms with Crippen molar-refractivity contribution in [2.75, 3.05) is 20.6 Å². The lowest BCUT2D eigenvalue weighted by molar-refractivity contribution is -0.142. The Hall–Kier alpha value is -1.44. The number of benzene rings is 1. The van der Waals surface area contributed by atoms with Crippen molar-refractivity contribution in [3.05, 3.63) is 29.8 Å². The Morgan fingerprint density at radius 1 is 1.33 bits per heavy atom. The van der Waals surface area contributed by atoms with Gasteiger partial charge in [0, 0.05) is 20.6 Å². The number of nitrogens with zero attached hydrogens (tertiary/aromatic N) is 2. The molecular formula is C14H20N2O4S. The summed E-state index contributed by atoms with van der Waals surface area (Å²) in [5.41, 5.74) is 0.917. The summed E-state index contributed by atoms with van der Waals surface area (Å²) in [6, 6.07) is 6.18. The fourth-order valence-corrected chi connectivity index (χ4v) is 3.41. The molecule has 1 aliphatic heterocycles. The summed E-state index contributed by atoms with van der Waals surface area (Å²) in [4.78, 5) is 13.3. The Bertz CT molecular complexity index is 610. The number of hydrogen-bond donors (Lipinski definition) is 1. The maximum atomic E-state index is 12.0. The molecule has 1 aliphatic rings. The van der Waals surface area contributed by atoms with Crippen LogP contribution in [0.4, 0.5) is 0 Å². The third-order valence-corrected chi connectivity index (χ3v) is 5.57. The van der Waals surface area contributed by atoms with Gasteiger partial charge >= 0.3 is 5.97 Å². The van der Waals surface area contributed by atoms with Gasteiger partial charge in [0.25, 0.3) is 0 Å². The van der Waals surface area contributed by atoms with E-state index in [9.17, 15) is 13.2 Å². The SMILES string of the molecule is CN(C)S(=O)(=O)c1ccc(CN2CCCC2C(=O)O)cc1. The normalized spacial score (nSPS) is 20.0. The van der Waals surface area contributed by atoms with Gasteiger partial charge in [-0.2, -0.15) is 0 Å². The van der Waals surface area contributed by atoms with E-state index >= 15 is 0 Å². The highest BCUT2D eigenvalue weighted by Gasteiger charge is 2.30. The molecule has 21 heavy (non-hydrogen) atoms. The molecule has 1 aromatic rings. The van der Waals surface area contributed by atoms with E-state index in [-0.39, 0.29) is 4.90 Å². The van der Waals surface area contributed by atoms with Crippen LogP contribution in [0.5, 0.6) is 0 Å². The molecule has 1 aromatic carbocycles. The first-order valence-corrected chi connectivity index (χ1v) is 8.24. The minimum absolute atomic E-state index is 0.243. The lowest BCUT2D eigenvalue weighted by Gasteiger charge is -2.21. The highest BCUT2D eigenvalue weighted by molar-refractivity contribution is 7.89. The molecule has 1 heterocycles. The second-order valence-electron chi connectivity index (χ2n) is 5.40. The molecule has 0 bridgehead atoms. The Kier molecular flexibility index (Phi) is 4.65. The van der Waals surface area contributed by atoms with Gasteiger partial charge in [-0.1, -0.05) is 12.1 Å². The van der Waals surface area contributed by atoms with E-state index in [0.717, 1.165) is 18.5 Å². The van der Waals surface area contributed by atoms with Crippen molar-refractivity contribution in [2.45, 2.75) is 30.3 Å². The van der Waals surface area contributed by atoms with E-state index < -0.39 is 22.0 Å². The molecule has 0 saturated carbocycles. The number of carboxylic acids is 1. The maximum Gasteiger partial charge on any atom is 0.320 e. The first-order valence-electron chi connectivity index (χ1n) is 6.80. The average Bonchev–Trinajstić information content (AvgIpc) is 2.87. The van der Waals surface area contributed by atoms with Gasteiger partial charge < -0.3 is 5.11 Å². The molecule has 1 fully saturated rings. The highest BCUT2D eigenvalue weighted by Crippen LogP contribution is 2.21. The minimum Gasteiger partial charge on any atom is -0.480 e. The van der Waals surface area contributed by atoms with Gasteiger partial charge in [0.1, 0.15) is 6.04 Å². The molecule has 1 atom stereocenters. The predicted octanol–water partition coefficient (Wildman–Crippen LogP) is 0.986. The minimum atomic E-state index is -3.42. The highest BCUT2D eigenvalue weighted by atomic mass is 32.2. The number of aliphatic carboxylic acids is 1. The molecule has 2 rings (SSSR count). The van der Waals surface area contributed by atoms with Crippen LogP contribution in [0.2, 0.25) is 0 Å². The number of carboxylic acid groups (broad SMARTS) is 1. The molecule has 116 valence electrons. The van der Waals surface area contributed by atoms with E-state index in [1.165, 1.54) is 18.4 Å². The summed E-state index contributed by atoms with van der Waals surface area (Å²) in [5.74, 6) is -0.792. The molecule has 0 aliphatic carbocycles. The van der Waals surface area contributed by atoms with Crippen molar-refractivity contribution in [1.82, 2.24) is 9.21 Å². The van der Waals surface area contributed by atoms with Gasteiger partial charge in [-0.15, -0.1) is 0 Å². The van der Waals surface area contributed by atoms with Crippen molar-refractivity contribution < 1.29 is 18.3 Å². The monoisotopic (exact) mass is 312 g/mol. The lowest BCUT2D eigenvalue weighted by Crippen LogP contribution is -2.35. The van der Waals surface area contributed by atoms with Crippen molar-refractivity contribution in [3.8, 4) is 0 Å². The Morgan fingerprint density at radius 2 is 1.95 bits per heavy atom. The zero-order chi connectivity index (χ0) is 15.6. The van der Waals surface area contributed by atoms with Gasteiger partial charge in [-0.05, 0) is 37.1 Å². The average molecular weight is 312 g/mol. The zero-order valence-corrected chi connectivity index (χ0v) is 13.0. The largest absolute Gasteiger partial charge is 0.480 e. The number of likely N-dealkylation sites (tertiary alicyclic amines) is 1. The van der Waals surface area contributed by atoms with Crippen LogP contribution in [-0.4, -0.2) is 55.4 Å². The Labute approximate surface area is 125 Å². The molecule has 0 spiro atoms. The van der Waals surface area contributed by atoms with Gasteiger partial charge in [0.05, 0.1) is 4.90 Å². The molecule has 1 N–H and O–H groups in total. The fourth-order valence-electron chi connectivity index (χ4n) is 2.51. The standard InChI is InChI=1S/C14H20N2O4S/c1-15(2)21(19,20)12-7-5-11(6-8-12)10-16-9-3-4-13(16)14(17)18/h5-8,13H,3-4,9-10H2,1-2H3,(H,17,18). The van der Waals surface area contributed by atoms with Gasteiger partial charge in [-0.25, -0.2) is 12.7 Å². The second kappa shape index (κ2) is 6.13. The molecule has 0 radical (unpaired) electrons. The van der Waals surface area contributed by atoms with Crippen molar-refractivity contribution >= 4 is 16.0 Å². The van der Waals surface area contributed by atoms with E-state index in [1.807, 2.05) is 4.90 Å². The number of carbonyl (C=O) groups is 1. The third-order valence-electron chi connectivity index (χ3n) is 3.74. The van der Waals surface area contributed by atoms with Crippen LogP contribution in [0.15, 0.2) is 29.2 Å².